The first kappa shape index (κ1) is 23.7. The Morgan fingerprint density at radius 1 is 1.03 bits per heavy atom. The van der Waals surface area contributed by atoms with Crippen LogP contribution in [-0.2, 0) is 14.3 Å². The maximum Gasteiger partial charge on any atom is 0.336 e. The van der Waals surface area contributed by atoms with Gasteiger partial charge in [-0.2, -0.15) is 0 Å². The van der Waals surface area contributed by atoms with E-state index in [9.17, 15) is 9.59 Å². The van der Waals surface area contributed by atoms with Gasteiger partial charge in [-0.3, -0.25) is 9.69 Å². The molecule has 1 saturated heterocycles. The fourth-order valence-electron chi connectivity index (χ4n) is 2.87. The molecule has 32 heavy (non-hydrogen) atoms. The van der Waals surface area contributed by atoms with Crippen LogP contribution in [0, 0.1) is 0 Å². The molecule has 3 rings (SSSR count). The number of esters is 1. The van der Waals surface area contributed by atoms with Crippen LogP contribution in [0.3, 0.4) is 0 Å². The second-order valence-electron chi connectivity index (χ2n) is 6.78. The van der Waals surface area contributed by atoms with Gasteiger partial charge in [0, 0.05) is 26.3 Å². The maximum absolute atomic E-state index is 12.6. The molecule has 0 N–H and O–H groups in total. The van der Waals surface area contributed by atoms with E-state index in [-0.39, 0.29) is 5.91 Å². The number of thiocarbonyl (C=S) groups is 1. The summed E-state index contributed by atoms with van der Waals surface area (Å²) in [6, 6.07) is 14.3. The number of thioether (sulfide) groups is 1. The molecule has 0 unspecified atom stereocenters. The molecular formula is C24H23NO5S2. The molecule has 1 aliphatic heterocycles. The minimum Gasteiger partial charge on any atom is -0.497 e. The number of carbonyl (C=O) groups is 2. The SMILES string of the molecule is COCCCN1C(=O)/C(=C/c2ccc(OC(=O)/C=C/c3ccc(OC)cc3)cc2)SC1=S. The zero-order chi connectivity index (χ0) is 22.9. The van der Waals surface area contributed by atoms with Gasteiger partial charge in [0.1, 0.15) is 15.8 Å². The largest absolute Gasteiger partial charge is 0.497 e. The third kappa shape index (κ3) is 6.53. The molecule has 0 spiro atoms. The molecule has 0 atom stereocenters. The second-order valence-corrected chi connectivity index (χ2v) is 8.45. The average molecular weight is 470 g/mol. The Labute approximate surface area is 196 Å². The smallest absolute Gasteiger partial charge is 0.336 e. The Kier molecular flexibility index (Phi) is 8.61. The summed E-state index contributed by atoms with van der Waals surface area (Å²) in [4.78, 5) is 26.8. The number of ether oxygens (including phenoxy) is 3. The monoisotopic (exact) mass is 469 g/mol. The molecule has 1 fully saturated rings. The van der Waals surface area contributed by atoms with Crippen molar-refractivity contribution in [3.63, 3.8) is 0 Å². The number of benzene rings is 2. The molecule has 0 aliphatic carbocycles. The van der Waals surface area contributed by atoms with Gasteiger partial charge >= 0.3 is 5.97 Å². The van der Waals surface area contributed by atoms with Gasteiger partial charge in [0.25, 0.3) is 5.91 Å². The van der Waals surface area contributed by atoms with Gasteiger partial charge in [-0.25, -0.2) is 4.79 Å². The van der Waals surface area contributed by atoms with Crippen molar-refractivity contribution >= 4 is 52.3 Å². The van der Waals surface area contributed by atoms with E-state index >= 15 is 0 Å². The number of hydrogen-bond acceptors (Lipinski definition) is 7. The van der Waals surface area contributed by atoms with Crippen LogP contribution in [0.5, 0.6) is 11.5 Å². The van der Waals surface area contributed by atoms with E-state index in [0.717, 1.165) is 23.3 Å². The highest BCUT2D eigenvalue weighted by atomic mass is 32.2. The molecule has 1 amide bonds. The quantitative estimate of drug-likeness (QED) is 0.175. The lowest BCUT2D eigenvalue weighted by Crippen LogP contribution is -2.29. The van der Waals surface area contributed by atoms with E-state index in [0.29, 0.717) is 28.1 Å². The Morgan fingerprint density at radius 2 is 1.69 bits per heavy atom. The number of methoxy groups -OCH3 is 2. The summed E-state index contributed by atoms with van der Waals surface area (Å²) in [5, 5.41) is 0. The lowest BCUT2D eigenvalue weighted by atomic mass is 10.2. The predicted octanol–water partition coefficient (Wildman–Crippen LogP) is 4.55. The van der Waals surface area contributed by atoms with E-state index in [2.05, 4.69) is 0 Å². The third-order valence-electron chi connectivity index (χ3n) is 4.53. The lowest BCUT2D eigenvalue weighted by molar-refractivity contribution is -0.129. The van der Waals surface area contributed by atoms with Crippen molar-refractivity contribution in [2.75, 3.05) is 27.4 Å². The summed E-state index contributed by atoms with van der Waals surface area (Å²) < 4.78 is 16.0. The highest BCUT2D eigenvalue weighted by Gasteiger charge is 2.31. The highest BCUT2D eigenvalue weighted by Crippen LogP contribution is 2.32. The molecular weight excluding hydrogens is 446 g/mol. The van der Waals surface area contributed by atoms with E-state index in [1.807, 2.05) is 24.3 Å². The van der Waals surface area contributed by atoms with Crippen LogP contribution in [-0.4, -0.2) is 48.5 Å². The Hall–Kier alpha value is -2.94. The summed E-state index contributed by atoms with van der Waals surface area (Å²) in [6.07, 6.45) is 5.55. The number of carbonyl (C=O) groups excluding carboxylic acids is 2. The van der Waals surface area contributed by atoms with Gasteiger partial charge < -0.3 is 14.2 Å². The van der Waals surface area contributed by atoms with Crippen molar-refractivity contribution in [2.24, 2.45) is 0 Å². The molecule has 1 aliphatic rings. The lowest BCUT2D eigenvalue weighted by Gasteiger charge is -2.13. The van der Waals surface area contributed by atoms with Crippen molar-refractivity contribution in [3.8, 4) is 11.5 Å². The van der Waals surface area contributed by atoms with Crippen molar-refractivity contribution < 1.29 is 23.8 Å². The van der Waals surface area contributed by atoms with Crippen LogP contribution in [0.15, 0.2) is 59.5 Å². The van der Waals surface area contributed by atoms with Crippen LogP contribution < -0.4 is 9.47 Å². The van der Waals surface area contributed by atoms with Gasteiger partial charge in [0.15, 0.2) is 0 Å². The topological polar surface area (TPSA) is 65.1 Å². The molecule has 0 saturated carbocycles. The van der Waals surface area contributed by atoms with Crippen LogP contribution >= 0.6 is 24.0 Å². The van der Waals surface area contributed by atoms with Gasteiger partial charge in [-0.05, 0) is 54.0 Å². The highest BCUT2D eigenvalue weighted by molar-refractivity contribution is 8.26. The Bertz CT molecular complexity index is 1030. The molecule has 1 heterocycles. The zero-order valence-electron chi connectivity index (χ0n) is 17.8. The minimum atomic E-state index is -0.481. The molecule has 2 aromatic rings. The summed E-state index contributed by atoms with van der Waals surface area (Å²) in [5.41, 5.74) is 1.67. The number of nitrogens with zero attached hydrogens (tertiary/aromatic N) is 1. The number of rotatable bonds is 9. The van der Waals surface area contributed by atoms with Crippen molar-refractivity contribution in [2.45, 2.75) is 6.42 Å². The molecule has 2 aromatic carbocycles. The van der Waals surface area contributed by atoms with Crippen LogP contribution in [0.2, 0.25) is 0 Å². The van der Waals surface area contributed by atoms with Gasteiger partial charge in [-0.1, -0.05) is 48.2 Å². The number of amides is 1. The summed E-state index contributed by atoms with van der Waals surface area (Å²) in [5.74, 6) is 0.581. The van der Waals surface area contributed by atoms with E-state index < -0.39 is 5.97 Å². The normalized spacial score (nSPS) is 15.1. The molecule has 166 valence electrons. The molecule has 0 radical (unpaired) electrons. The van der Waals surface area contributed by atoms with Gasteiger partial charge in [-0.15, -0.1) is 0 Å². The molecule has 8 heteroatoms. The fourth-order valence-corrected chi connectivity index (χ4v) is 4.18. The van der Waals surface area contributed by atoms with Crippen LogP contribution in [0.4, 0.5) is 0 Å². The van der Waals surface area contributed by atoms with Crippen molar-refractivity contribution in [1.29, 1.82) is 0 Å². The van der Waals surface area contributed by atoms with E-state index in [1.165, 1.54) is 17.8 Å². The van der Waals surface area contributed by atoms with Crippen LogP contribution in [0.1, 0.15) is 17.5 Å². The van der Waals surface area contributed by atoms with E-state index in [4.69, 9.17) is 26.4 Å². The standard InChI is InChI=1S/C24H23NO5S2/c1-28-15-3-14-25-23(27)21(32-24(25)31)16-18-6-11-20(12-7-18)30-22(26)13-8-17-4-9-19(29-2)10-5-17/h4-13,16H,3,14-15H2,1-2H3/b13-8+,21-16-. The summed E-state index contributed by atoms with van der Waals surface area (Å²) in [7, 11) is 3.23. The van der Waals surface area contributed by atoms with Crippen molar-refractivity contribution in [1.82, 2.24) is 4.90 Å². The molecule has 0 aromatic heterocycles. The third-order valence-corrected chi connectivity index (χ3v) is 5.91. The predicted molar refractivity (Wildman–Crippen MR) is 130 cm³/mol. The number of hydrogen-bond donors (Lipinski definition) is 0. The summed E-state index contributed by atoms with van der Waals surface area (Å²) in [6.45, 7) is 1.11. The Balaban J connectivity index is 1.57. The molecule has 6 nitrogen and oxygen atoms in total. The van der Waals surface area contributed by atoms with Crippen LogP contribution in [0.25, 0.3) is 12.2 Å². The first-order chi connectivity index (χ1) is 15.5. The average Bonchev–Trinajstić information content (AvgIpc) is 3.07. The Morgan fingerprint density at radius 3 is 2.34 bits per heavy atom. The maximum atomic E-state index is 12.6. The second kappa shape index (κ2) is 11.6. The van der Waals surface area contributed by atoms with E-state index in [1.54, 1.807) is 55.5 Å². The first-order valence-corrected chi connectivity index (χ1v) is 11.1. The fraction of sp³-hybridized carbons (Fsp3) is 0.208. The zero-order valence-corrected chi connectivity index (χ0v) is 19.4. The molecule has 0 bridgehead atoms. The van der Waals surface area contributed by atoms with Gasteiger partial charge in [0.2, 0.25) is 0 Å². The van der Waals surface area contributed by atoms with Crippen molar-refractivity contribution in [3.05, 3.63) is 70.6 Å². The van der Waals surface area contributed by atoms with Gasteiger partial charge in [0.05, 0.1) is 12.0 Å². The summed E-state index contributed by atoms with van der Waals surface area (Å²) >= 11 is 6.60. The first-order valence-electron chi connectivity index (χ1n) is 9.88. The minimum absolute atomic E-state index is 0.102.